The lowest BCUT2D eigenvalue weighted by Crippen LogP contribution is -2.29. The number of halogens is 3. The van der Waals surface area contributed by atoms with Gasteiger partial charge in [0.2, 0.25) is 0 Å². The minimum absolute atomic E-state index is 0.386. The van der Waals surface area contributed by atoms with E-state index in [0.717, 1.165) is 6.42 Å². The van der Waals surface area contributed by atoms with E-state index in [1.165, 1.54) is 0 Å². The molecule has 0 amide bonds. The molecule has 0 aromatic carbocycles. The summed E-state index contributed by atoms with van der Waals surface area (Å²) < 4.78 is 34.4. The van der Waals surface area contributed by atoms with Crippen LogP contribution in [0.3, 0.4) is 0 Å². The highest BCUT2D eigenvalue weighted by Gasteiger charge is 2.25. The summed E-state index contributed by atoms with van der Waals surface area (Å²) in [6, 6.07) is 0. The van der Waals surface area contributed by atoms with Gasteiger partial charge in [-0.2, -0.15) is 13.2 Å². The molecular weight excluding hydrogens is 157 g/mol. The second kappa shape index (κ2) is 5.37. The Morgan fingerprint density at radius 3 is 2.27 bits per heavy atom. The molecule has 0 fully saturated rings. The van der Waals surface area contributed by atoms with Gasteiger partial charge in [-0.3, -0.25) is 0 Å². The lowest BCUT2D eigenvalue weighted by Gasteiger charge is -2.06. The van der Waals surface area contributed by atoms with Gasteiger partial charge in [0.1, 0.15) is 0 Å². The molecule has 0 aromatic rings. The summed E-state index contributed by atoms with van der Waals surface area (Å²) in [5, 5.41) is 2.28. The largest absolute Gasteiger partial charge is 0.401 e. The topological polar surface area (TPSA) is 38.0 Å². The monoisotopic (exact) mass is 170 g/mol. The van der Waals surface area contributed by atoms with Gasteiger partial charge >= 0.3 is 6.18 Å². The van der Waals surface area contributed by atoms with E-state index in [0.29, 0.717) is 19.5 Å². The molecule has 0 saturated heterocycles. The maximum atomic E-state index is 11.5. The first kappa shape index (κ1) is 10.7. The normalized spacial score (nSPS) is 12.0. The summed E-state index contributed by atoms with van der Waals surface area (Å²) >= 11 is 0. The average molecular weight is 170 g/mol. The Morgan fingerprint density at radius 1 is 1.18 bits per heavy atom. The fourth-order valence-corrected chi connectivity index (χ4v) is 0.624. The molecule has 0 radical (unpaired) electrons. The Hall–Kier alpha value is -0.290. The molecule has 0 aliphatic rings. The van der Waals surface area contributed by atoms with Crippen molar-refractivity contribution in [3.05, 3.63) is 0 Å². The molecule has 0 aliphatic carbocycles. The fourth-order valence-electron chi connectivity index (χ4n) is 0.624. The summed E-state index contributed by atoms with van der Waals surface area (Å²) in [5.74, 6) is 0. The molecular formula is C6H13F3N2. The summed E-state index contributed by atoms with van der Waals surface area (Å²) in [6.07, 6.45) is -2.62. The van der Waals surface area contributed by atoms with Gasteiger partial charge in [0, 0.05) is 0 Å². The van der Waals surface area contributed by atoms with Crippen LogP contribution >= 0.6 is 0 Å². The highest BCUT2D eigenvalue weighted by atomic mass is 19.4. The molecule has 0 rings (SSSR count). The van der Waals surface area contributed by atoms with E-state index in [4.69, 9.17) is 5.73 Å². The molecule has 0 saturated carbocycles. The first-order valence-electron chi connectivity index (χ1n) is 3.54. The van der Waals surface area contributed by atoms with Crippen LogP contribution in [0.5, 0.6) is 0 Å². The minimum Gasteiger partial charge on any atom is -0.330 e. The molecule has 0 unspecified atom stereocenters. The van der Waals surface area contributed by atoms with E-state index in [2.05, 4.69) is 5.32 Å². The van der Waals surface area contributed by atoms with E-state index < -0.39 is 12.7 Å². The van der Waals surface area contributed by atoms with E-state index in [1.54, 1.807) is 0 Å². The van der Waals surface area contributed by atoms with Gasteiger partial charge in [-0.15, -0.1) is 0 Å². The first-order chi connectivity index (χ1) is 5.06. The molecule has 11 heavy (non-hydrogen) atoms. The Morgan fingerprint density at radius 2 is 1.82 bits per heavy atom. The highest BCUT2D eigenvalue weighted by molar-refractivity contribution is 4.55. The van der Waals surface area contributed by atoms with Crippen LogP contribution in [-0.4, -0.2) is 25.8 Å². The number of unbranched alkanes of at least 4 members (excludes halogenated alkanes) is 1. The van der Waals surface area contributed by atoms with Crippen molar-refractivity contribution >= 4 is 0 Å². The van der Waals surface area contributed by atoms with Crippen molar-refractivity contribution in [1.29, 1.82) is 0 Å². The van der Waals surface area contributed by atoms with Crippen molar-refractivity contribution in [1.82, 2.24) is 5.32 Å². The molecule has 5 heteroatoms. The second-order valence-electron chi connectivity index (χ2n) is 2.29. The second-order valence-corrected chi connectivity index (χ2v) is 2.29. The van der Waals surface area contributed by atoms with E-state index >= 15 is 0 Å². The van der Waals surface area contributed by atoms with Crippen LogP contribution in [0.15, 0.2) is 0 Å². The molecule has 0 atom stereocenters. The third-order valence-corrected chi connectivity index (χ3v) is 1.13. The van der Waals surface area contributed by atoms with Gasteiger partial charge in [0.15, 0.2) is 0 Å². The third kappa shape index (κ3) is 9.71. The number of hydrogen-bond acceptors (Lipinski definition) is 2. The minimum atomic E-state index is -4.09. The molecule has 0 spiro atoms. The predicted molar refractivity (Wildman–Crippen MR) is 37.2 cm³/mol. The van der Waals surface area contributed by atoms with Gasteiger partial charge in [-0.05, 0) is 25.9 Å². The van der Waals surface area contributed by atoms with Crippen LogP contribution in [0.1, 0.15) is 12.8 Å². The Balaban J connectivity index is 3.02. The Labute approximate surface area is 64.0 Å². The van der Waals surface area contributed by atoms with Gasteiger partial charge in [0.25, 0.3) is 0 Å². The van der Waals surface area contributed by atoms with Crippen molar-refractivity contribution in [3.63, 3.8) is 0 Å². The van der Waals surface area contributed by atoms with E-state index in [1.807, 2.05) is 0 Å². The smallest absolute Gasteiger partial charge is 0.330 e. The average Bonchev–Trinajstić information content (AvgIpc) is 1.85. The van der Waals surface area contributed by atoms with Crippen molar-refractivity contribution in [2.45, 2.75) is 19.0 Å². The molecule has 68 valence electrons. The van der Waals surface area contributed by atoms with Gasteiger partial charge < -0.3 is 11.1 Å². The number of alkyl halides is 3. The fraction of sp³-hybridized carbons (Fsp3) is 1.00. The van der Waals surface area contributed by atoms with Gasteiger partial charge in [-0.1, -0.05) is 0 Å². The van der Waals surface area contributed by atoms with Crippen molar-refractivity contribution < 1.29 is 13.2 Å². The SMILES string of the molecule is NCCCCNCC(F)(F)F. The summed E-state index contributed by atoms with van der Waals surface area (Å²) in [5.41, 5.74) is 5.15. The summed E-state index contributed by atoms with van der Waals surface area (Å²) in [4.78, 5) is 0. The molecule has 0 aromatic heterocycles. The number of rotatable bonds is 5. The zero-order valence-corrected chi connectivity index (χ0v) is 6.25. The predicted octanol–water partition coefficient (Wildman–Crippen LogP) is 0.877. The molecule has 0 aliphatic heterocycles. The van der Waals surface area contributed by atoms with Gasteiger partial charge in [0.05, 0.1) is 6.54 Å². The van der Waals surface area contributed by atoms with Crippen molar-refractivity contribution in [3.8, 4) is 0 Å². The lowest BCUT2D eigenvalue weighted by molar-refractivity contribution is -0.124. The molecule has 0 bridgehead atoms. The Kier molecular flexibility index (Phi) is 5.23. The summed E-state index contributed by atoms with van der Waals surface area (Å²) in [7, 11) is 0. The van der Waals surface area contributed by atoms with Crippen molar-refractivity contribution in [2.24, 2.45) is 5.73 Å². The first-order valence-corrected chi connectivity index (χ1v) is 3.54. The van der Waals surface area contributed by atoms with Crippen LogP contribution < -0.4 is 11.1 Å². The zero-order valence-electron chi connectivity index (χ0n) is 6.25. The number of nitrogens with one attached hydrogen (secondary N) is 1. The molecule has 0 heterocycles. The standard InChI is InChI=1S/C6H13F3N2/c7-6(8,9)5-11-4-2-1-3-10/h11H,1-5,10H2. The lowest BCUT2D eigenvalue weighted by atomic mass is 10.3. The highest BCUT2D eigenvalue weighted by Crippen LogP contribution is 2.11. The van der Waals surface area contributed by atoms with Crippen LogP contribution in [-0.2, 0) is 0 Å². The quantitative estimate of drug-likeness (QED) is 0.601. The zero-order chi connectivity index (χ0) is 8.74. The van der Waals surface area contributed by atoms with Crippen LogP contribution in [0.4, 0.5) is 13.2 Å². The van der Waals surface area contributed by atoms with Gasteiger partial charge in [-0.25, -0.2) is 0 Å². The van der Waals surface area contributed by atoms with E-state index in [-0.39, 0.29) is 0 Å². The van der Waals surface area contributed by atoms with Crippen LogP contribution in [0, 0.1) is 0 Å². The van der Waals surface area contributed by atoms with Crippen LogP contribution in [0.2, 0.25) is 0 Å². The maximum Gasteiger partial charge on any atom is 0.401 e. The Bertz CT molecular complexity index is 92.3. The number of nitrogens with two attached hydrogens (primary N) is 1. The van der Waals surface area contributed by atoms with E-state index in [9.17, 15) is 13.2 Å². The molecule has 3 N–H and O–H groups in total. The summed E-state index contributed by atoms with van der Waals surface area (Å²) in [6.45, 7) is 0.0159. The third-order valence-electron chi connectivity index (χ3n) is 1.13. The number of hydrogen-bond donors (Lipinski definition) is 2. The van der Waals surface area contributed by atoms with Crippen molar-refractivity contribution in [2.75, 3.05) is 19.6 Å². The van der Waals surface area contributed by atoms with Crippen LogP contribution in [0.25, 0.3) is 0 Å². The maximum absolute atomic E-state index is 11.5. The molecule has 2 nitrogen and oxygen atoms in total.